The molecule has 0 saturated heterocycles. The van der Waals surface area contributed by atoms with Crippen molar-refractivity contribution in [3.8, 4) is 16.9 Å². The predicted octanol–water partition coefficient (Wildman–Crippen LogP) is 3.36. The lowest BCUT2D eigenvalue weighted by Crippen LogP contribution is -1.99. The van der Waals surface area contributed by atoms with Gasteiger partial charge in [0.25, 0.3) is 0 Å². The van der Waals surface area contributed by atoms with Gasteiger partial charge >= 0.3 is 0 Å². The molecule has 0 saturated carbocycles. The van der Waals surface area contributed by atoms with Gasteiger partial charge in [-0.2, -0.15) is 0 Å². The molecule has 2 aromatic rings. The Labute approximate surface area is 102 Å². The molecule has 0 aromatic heterocycles. The molecule has 0 unspecified atom stereocenters. The third-order valence-corrected chi connectivity index (χ3v) is 2.58. The normalized spacial score (nSPS) is 10.4. The maximum atomic E-state index is 13.9. The van der Waals surface area contributed by atoms with Crippen LogP contribution in [0.5, 0.6) is 5.75 Å². The molecule has 0 atom stereocenters. The van der Waals surface area contributed by atoms with Crippen LogP contribution < -0.4 is 10.5 Å². The standard InChI is InChI=1S/C13H10F3NO/c1-18-11-5-2-7(14)6-9(11)8-3-4-10(15)13(17)12(8)16/h2-6H,17H2,1H3. The van der Waals surface area contributed by atoms with Crippen LogP contribution in [0.25, 0.3) is 11.1 Å². The highest BCUT2D eigenvalue weighted by atomic mass is 19.1. The first-order chi connectivity index (χ1) is 8.54. The molecule has 0 radical (unpaired) electrons. The molecule has 0 spiro atoms. The fourth-order valence-electron chi connectivity index (χ4n) is 1.67. The van der Waals surface area contributed by atoms with Crippen molar-refractivity contribution in [1.82, 2.24) is 0 Å². The van der Waals surface area contributed by atoms with E-state index in [0.29, 0.717) is 0 Å². The van der Waals surface area contributed by atoms with Gasteiger partial charge in [0.1, 0.15) is 23.1 Å². The number of anilines is 1. The molecule has 2 N–H and O–H groups in total. The van der Waals surface area contributed by atoms with Gasteiger partial charge in [0.2, 0.25) is 0 Å². The van der Waals surface area contributed by atoms with Crippen molar-refractivity contribution >= 4 is 5.69 Å². The molecule has 0 fully saturated rings. The number of hydrogen-bond donors (Lipinski definition) is 1. The van der Waals surface area contributed by atoms with E-state index in [1.807, 2.05) is 0 Å². The van der Waals surface area contributed by atoms with E-state index < -0.39 is 23.1 Å². The van der Waals surface area contributed by atoms with Gasteiger partial charge in [-0.1, -0.05) is 0 Å². The monoisotopic (exact) mass is 253 g/mol. The van der Waals surface area contributed by atoms with E-state index in [2.05, 4.69) is 0 Å². The maximum Gasteiger partial charge on any atom is 0.157 e. The van der Waals surface area contributed by atoms with Gasteiger partial charge in [-0.05, 0) is 30.3 Å². The number of hydrogen-bond acceptors (Lipinski definition) is 2. The summed E-state index contributed by atoms with van der Waals surface area (Å²) in [7, 11) is 1.38. The Hall–Kier alpha value is -2.17. The van der Waals surface area contributed by atoms with E-state index in [4.69, 9.17) is 10.5 Å². The Balaban J connectivity index is 2.69. The van der Waals surface area contributed by atoms with Crippen LogP contribution in [0.15, 0.2) is 30.3 Å². The van der Waals surface area contributed by atoms with E-state index in [1.54, 1.807) is 0 Å². The summed E-state index contributed by atoms with van der Waals surface area (Å²) in [5.74, 6) is -2.06. The highest BCUT2D eigenvalue weighted by Gasteiger charge is 2.16. The lowest BCUT2D eigenvalue weighted by atomic mass is 10.0. The molecule has 18 heavy (non-hydrogen) atoms. The summed E-state index contributed by atoms with van der Waals surface area (Å²) in [4.78, 5) is 0. The first-order valence-corrected chi connectivity index (χ1v) is 5.12. The summed E-state index contributed by atoms with van der Waals surface area (Å²) in [5, 5.41) is 0. The van der Waals surface area contributed by atoms with Crippen LogP contribution in [-0.4, -0.2) is 7.11 Å². The van der Waals surface area contributed by atoms with E-state index in [1.165, 1.54) is 25.3 Å². The first-order valence-electron chi connectivity index (χ1n) is 5.12. The quantitative estimate of drug-likeness (QED) is 0.833. The van der Waals surface area contributed by atoms with E-state index >= 15 is 0 Å². The Morgan fingerprint density at radius 3 is 2.39 bits per heavy atom. The van der Waals surface area contributed by atoms with Crippen molar-refractivity contribution in [2.75, 3.05) is 12.8 Å². The lowest BCUT2D eigenvalue weighted by molar-refractivity contribution is 0.415. The third kappa shape index (κ3) is 1.99. The topological polar surface area (TPSA) is 35.2 Å². The molecule has 94 valence electrons. The highest BCUT2D eigenvalue weighted by molar-refractivity contribution is 5.74. The largest absolute Gasteiger partial charge is 0.496 e. The summed E-state index contributed by atoms with van der Waals surface area (Å²) >= 11 is 0. The van der Waals surface area contributed by atoms with Gasteiger partial charge < -0.3 is 10.5 Å². The van der Waals surface area contributed by atoms with Crippen LogP contribution in [0, 0.1) is 17.5 Å². The summed E-state index contributed by atoms with van der Waals surface area (Å²) in [6.45, 7) is 0. The van der Waals surface area contributed by atoms with Crippen LogP contribution in [-0.2, 0) is 0 Å². The van der Waals surface area contributed by atoms with Crippen LogP contribution in [0.3, 0.4) is 0 Å². The van der Waals surface area contributed by atoms with Gasteiger partial charge in [0.15, 0.2) is 5.82 Å². The minimum Gasteiger partial charge on any atom is -0.496 e. The predicted molar refractivity (Wildman–Crippen MR) is 62.7 cm³/mol. The van der Waals surface area contributed by atoms with Crippen LogP contribution >= 0.6 is 0 Å². The molecule has 5 heteroatoms. The molecule has 0 aliphatic carbocycles. The Morgan fingerprint density at radius 1 is 1.00 bits per heavy atom. The number of nitrogens with two attached hydrogens (primary N) is 1. The SMILES string of the molecule is COc1ccc(F)cc1-c1ccc(F)c(N)c1F. The fourth-order valence-corrected chi connectivity index (χ4v) is 1.67. The van der Waals surface area contributed by atoms with Crippen molar-refractivity contribution < 1.29 is 17.9 Å². The molecular formula is C13H10F3NO. The number of nitrogen functional groups attached to an aromatic ring is 1. The fraction of sp³-hybridized carbons (Fsp3) is 0.0769. The van der Waals surface area contributed by atoms with Gasteiger partial charge in [0, 0.05) is 11.1 Å². The van der Waals surface area contributed by atoms with Crippen LogP contribution in [0.1, 0.15) is 0 Å². The van der Waals surface area contributed by atoms with E-state index in [-0.39, 0.29) is 16.9 Å². The smallest absolute Gasteiger partial charge is 0.157 e. The van der Waals surface area contributed by atoms with Crippen molar-refractivity contribution in [3.05, 3.63) is 47.8 Å². The number of rotatable bonds is 2. The zero-order valence-corrected chi connectivity index (χ0v) is 9.51. The minimum absolute atomic E-state index is 0.00903. The second kappa shape index (κ2) is 4.60. The average molecular weight is 253 g/mol. The maximum absolute atomic E-state index is 13.9. The van der Waals surface area contributed by atoms with Gasteiger partial charge in [-0.15, -0.1) is 0 Å². The molecular weight excluding hydrogens is 243 g/mol. The Morgan fingerprint density at radius 2 is 1.72 bits per heavy atom. The third-order valence-electron chi connectivity index (χ3n) is 2.58. The molecule has 0 amide bonds. The summed E-state index contributed by atoms with van der Waals surface area (Å²) in [6.07, 6.45) is 0. The second-order valence-electron chi connectivity index (χ2n) is 3.67. The summed E-state index contributed by atoms with van der Waals surface area (Å²) in [5.41, 5.74) is 4.84. The molecule has 0 heterocycles. The average Bonchev–Trinajstić information content (AvgIpc) is 2.36. The zero-order chi connectivity index (χ0) is 13.3. The van der Waals surface area contributed by atoms with Gasteiger partial charge in [0.05, 0.1) is 7.11 Å². The van der Waals surface area contributed by atoms with Crippen molar-refractivity contribution in [3.63, 3.8) is 0 Å². The first kappa shape index (κ1) is 12.3. The van der Waals surface area contributed by atoms with E-state index in [9.17, 15) is 13.2 Å². The number of benzene rings is 2. The second-order valence-corrected chi connectivity index (χ2v) is 3.67. The molecule has 0 aliphatic rings. The van der Waals surface area contributed by atoms with Gasteiger partial charge in [-0.3, -0.25) is 0 Å². The number of ether oxygens (including phenoxy) is 1. The van der Waals surface area contributed by atoms with Gasteiger partial charge in [-0.25, -0.2) is 13.2 Å². The number of methoxy groups -OCH3 is 1. The lowest BCUT2D eigenvalue weighted by Gasteiger charge is -2.11. The van der Waals surface area contributed by atoms with E-state index in [0.717, 1.165) is 12.1 Å². The molecule has 0 bridgehead atoms. The van der Waals surface area contributed by atoms with Crippen molar-refractivity contribution in [1.29, 1.82) is 0 Å². The Bertz CT molecular complexity index is 599. The Kier molecular flexibility index (Phi) is 3.14. The minimum atomic E-state index is -0.932. The van der Waals surface area contributed by atoms with Crippen LogP contribution in [0.4, 0.5) is 18.9 Å². The highest BCUT2D eigenvalue weighted by Crippen LogP contribution is 2.34. The molecule has 2 nitrogen and oxygen atoms in total. The zero-order valence-electron chi connectivity index (χ0n) is 9.51. The molecule has 2 aromatic carbocycles. The summed E-state index contributed by atoms with van der Waals surface area (Å²) in [6, 6.07) is 5.88. The molecule has 2 rings (SSSR count). The summed E-state index contributed by atoms with van der Waals surface area (Å²) < 4.78 is 45.1. The number of halogens is 3. The molecule has 0 aliphatic heterocycles. The van der Waals surface area contributed by atoms with Crippen molar-refractivity contribution in [2.24, 2.45) is 0 Å². The van der Waals surface area contributed by atoms with Crippen LogP contribution in [0.2, 0.25) is 0 Å². The van der Waals surface area contributed by atoms with Crippen molar-refractivity contribution in [2.45, 2.75) is 0 Å².